The molecule has 4 rings (SSSR count). The molecule has 0 saturated carbocycles. The minimum atomic E-state index is -0.363. The lowest BCUT2D eigenvalue weighted by molar-refractivity contribution is 0.137. The summed E-state index contributed by atoms with van der Waals surface area (Å²) in [5, 5.41) is 0. The van der Waals surface area contributed by atoms with E-state index >= 15 is 0 Å². The molecule has 172 valence electrons. The molecular weight excluding hydrogens is 406 g/mol. The average Bonchev–Trinajstić information content (AvgIpc) is 3.18. The van der Waals surface area contributed by atoms with Crippen LogP contribution in [0.25, 0.3) is 11.2 Å². The molecule has 0 fully saturated rings. The molecular formula is C24H33N5O3. The topological polar surface area (TPSA) is 74.3 Å². The summed E-state index contributed by atoms with van der Waals surface area (Å²) in [5.74, 6) is 1.04. The third kappa shape index (κ3) is 3.99. The number of hydrogen-bond donors (Lipinski definition) is 0. The SMILES string of the molecule is CCCCc1ccc(N2C[C@H](C)Cn3c2nc2c3c(=O)n(CCOCC)c(=O)n2C)cc1. The summed E-state index contributed by atoms with van der Waals surface area (Å²) in [5.41, 5.74) is 2.63. The van der Waals surface area contributed by atoms with Crippen molar-refractivity contribution in [3.05, 3.63) is 50.7 Å². The van der Waals surface area contributed by atoms with Crippen LogP contribution < -0.4 is 16.1 Å². The van der Waals surface area contributed by atoms with Crippen LogP contribution in [-0.4, -0.2) is 38.4 Å². The highest BCUT2D eigenvalue weighted by molar-refractivity contribution is 5.77. The van der Waals surface area contributed by atoms with Crippen LogP contribution in [0.3, 0.4) is 0 Å². The van der Waals surface area contributed by atoms with Crippen molar-refractivity contribution >= 4 is 22.8 Å². The smallest absolute Gasteiger partial charge is 0.332 e. The number of fused-ring (bicyclic) bond motifs is 3. The first-order chi connectivity index (χ1) is 15.5. The third-order valence-corrected chi connectivity index (χ3v) is 6.17. The molecule has 0 N–H and O–H groups in total. The van der Waals surface area contributed by atoms with Crippen LogP contribution in [0.4, 0.5) is 11.6 Å². The van der Waals surface area contributed by atoms with Crippen LogP contribution in [0.15, 0.2) is 33.9 Å². The number of benzene rings is 1. The van der Waals surface area contributed by atoms with E-state index in [1.165, 1.54) is 27.5 Å². The summed E-state index contributed by atoms with van der Waals surface area (Å²) in [6, 6.07) is 8.61. The Balaban J connectivity index is 1.80. The van der Waals surface area contributed by atoms with Gasteiger partial charge in [-0.15, -0.1) is 0 Å². The monoisotopic (exact) mass is 439 g/mol. The lowest BCUT2D eigenvalue weighted by Crippen LogP contribution is -2.41. The average molecular weight is 440 g/mol. The fourth-order valence-corrected chi connectivity index (χ4v) is 4.44. The second kappa shape index (κ2) is 9.32. The van der Waals surface area contributed by atoms with Crippen molar-refractivity contribution in [2.45, 2.75) is 53.1 Å². The molecule has 0 amide bonds. The van der Waals surface area contributed by atoms with Gasteiger partial charge in [-0.2, -0.15) is 4.98 Å². The first-order valence-electron chi connectivity index (χ1n) is 11.6. The largest absolute Gasteiger partial charge is 0.380 e. The number of aromatic nitrogens is 4. The van der Waals surface area contributed by atoms with Crippen molar-refractivity contribution in [3.8, 4) is 0 Å². The van der Waals surface area contributed by atoms with Crippen molar-refractivity contribution in [3.63, 3.8) is 0 Å². The van der Waals surface area contributed by atoms with Crippen LogP contribution in [-0.2, 0) is 31.3 Å². The summed E-state index contributed by atoms with van der Waals surface area (Å²) < 4.78 is 10.1. The summed E-state index contributed by atoms with van der Waals surface area (Å²) in [7, 11) is 1.68. The molecule has 1 aromatic carbocycles. The highest BCUT2D eigenvalue weighted by atomic mass is 16.5. The molecule has 8 nitrogen and oxygen atoms in total. The Labute approximate surface area is 188 Å². The van der Waals surface area contributed by atoms with Gasteiger partial charge in [-0.25, -0.2) is 4.79 Å². The number of rotatable bonds is 8. The Morgan fingerprint density at radius 2 is 1.88 bits per heavy atom. The van der Waals surface area contributed by atoms with Crippen molar-refractivity contribution in [2.75, 3.05) is 24.7 Å². The second-order valence-electron chi connectivity index (χ2n) is 8.68. The van der Waals surface area contributed by atoms with Gasteiger partial charge in [0.25, 0.3) is 5.56 Å². The number of nitrogens with zero attached hydrogens (tertiary/aromatic N) is 5. The van der Waals surface area contributed by atoms with Gasteiger partial charge in [0.2, 0.25) is 5.95 Å². The van der Waals surface area contributed by atoms with Crippen LogP contribution in [0.2, 0.25) is 0 Å². The lowest BCUT2D eigenvalue weighted by atomic mass is 10.1. The highest BCUT2D eigenvalue weighted by Gasteiger charge is 2.29. The molecule has 8 heteroatoms. The Hall–Kier alpha value is -2.87. The van der Waals surface area contributed by atoms with E-state index in [0.29, 0.717) is 42.8 Å². The third-order valence-electron chi connectivity index (χ3n) is 6.17. The van der Waals surface area contributed by atoms with Gasteiger partial charge in [-0.05, 0) is 43.4 Å². The van der Waals surface area contributed by atoms with E-state index in [1.807, 2.05) is 11.5 Å². The number of imidazole rings is 1. The minimum absolute atomic E-state index is 0.230. The predicted molar refractivity (Wildman–Crippen MR) is 127 cm³/mol. The van der Waals surface area contributed by atoms with Gasteiger partial charge in [0.05, 0.1) is 13.2 Å². The summed E-state index contributed by atoms with van der Waals surface area (Å²) >= 11 is 0. The maximum atomic E-state index is 13.3. The summed E-state index contributed by atoms with van der Waals surface area (Å²) in [4.78, 5) is 33.1. The maximum Gasteiger partial charge on any atom is 0.332 e. The molecule has 2 aromatic heterocycles. The van der Waals surface area contributed by atoms with E-state index in [9.17, 15) is 9.59 Å². The molecule has 0 aliphatic carbocycles. The Morgan fingerprint density at radius 1 is 1.12 bits per heavy atom. The summed E-state index contributed by atoms with van der Waals surface area (Å²) in [6.07, 6.45) is 3.44. The van der Waals surface area contributed by atoms with Crippen molar-refractivity contribution in [1.82, 2.24) is 18.7 Å². The van der Waals surface area contributed by atoms with E-state index in [-0.39, 0.29) is 17.8 Å². The normalized spacial score (nSPS) is 16.0. The predicted octanol–water partition coefficient (Wildman–Crippen LogP) is 3.06. The van der Waals surface area contributed by atoms with Gasteiger partial charge >= 0.3 is 5.69 Å². The van der Waals surface area contributed by atoms with E-state index in [4.69, 9.17) is 9.72 Å². The molecule has 32 heavy (non-hydrogen) atoms. The van der Waals surface area contributed by atoms with Crippen LogP contribution in [0.5, 0.6) is 0 Å². The fourth-order valence-electron chi connectivity index (χ4n) is 4.44. The lowest BCUT2D eigenvalue weighted by Gasteiger charge is -2.33. The van der Waals surface area contributed by atoms with Crippen LogP contribution >= 0.6 is 0 Å². The molecule has 1 aliphatic rings. The van der Waals surface area contributed by atoms with Crippen LogP contribution in [0, 0.1) is 5.92 Å². The zero-order valence-corrected chi connectivity index (χ0v) is 19.5. The van der Waals surface area contributed by atoms with Crippen molar-refractivity contribution in [2.24, 2.45) is 13.0 Å². The van der Waals surface area contributed by atoms with E-state index in [0.717, 1.165) is 18.7 Å². The number of unbranched alkanes of at least 4 members (excludes halogenated alkanes) is 1. The minimum Gasteiger partial charge on any atom is -0.380 e. The van der Waals surface area contributed by atoms with Gasteiger partial charge < -0.3 is 14.2 Å². The molecule has 3 aromatic rings. The number of anilines is 2. The molecule has 0 spiro atoms. The molecule has 1 aliphatic heterocycles. The first kappa shape index (κ1) is 22.3. The zero-order chi connectivity index (χ0) is 22.8. The van der Waals surface area contributed by atoms with Crippen molar-refractivity contribution < 1.29 is 4.74 Å². The Bertz CT molecular complexity index is 1210. The number of ether oxygens (including phenoxy) is 1. The molecule has 0 unspecified atom stereocenters. The van der Waals surface area contributed by atoms with Gasteiger partial charge in [0.1, 0.15) is 0 Å². The first-order valence-corrected chi connectivity index (χ1v) is 11.6. The summed E-state index contributed by atoms with van der Waals surface area (Å²) in [6.45, 7) is 8.87. The van der Waals surface area contributed by atoms with Crippen molar-refractivity contribution in [1.29, 1.82) is 0 Å². The van der Waals surface area contributed by atoms with Gasteiger partial charge in [0, 0.05) is 32.4 Å². The molecule has 1 atom stereocenters. The molecule has 3 heterocycles. The molecule has 0 bridgehead atoms. The fraction of sp³-hybridized carbons (Fsp3) is 0.542. The Morgan fingerprint density at radius 3 is 2.56 bits per heavy atom. The standard InChI is InChI=1S/C24H33N5O3/c1-5-7-8-18-9-11-19(12-10-18)28-15-17(3)16-29-20-21(25-23(28)29)26(4)24(31)27(22(20)30)13-14-32-6-2/h9-12,17H,5-8,13-16H2,1-4H3/t17-/m0/s1. The quantitative estimate of drug-likeness (QED) is 0.505. The van der Waals surface area contributed by atoms with E-state index in [2.05, 4.69) is 43.0 Å². The zero-order valence-electron chi connectivity index (χ0n) is 19.5. The van der Waals surface area contributed by atoms with E-state index < -0.39 is 0 Å². The number of hydrogen-bond acceptors (Lipinski definition) is 5. The highest BCUT2D eigenvalue weighted by Crippen LogP contribution is 2.33. The van der Waals surface area contributed by atoms with Gasteiger partial charge in [-0.1, -0.05) is 32.4 Å². The maximum absolute atomic E-state index is 13.3. The van der Waals surface area contributed by atoms with E-state index in [1.54, 1.807) is 7.05 Å². The van der Waals surface area contributed by atoms with Crippen LogP contribution in [0.1, 0.15) is 39.2 Å². The van der Waals surface area contributed by atoms with Gasteiger partial charge in [0.15, 0.2) is 11.2 Å². The number of aryl methyl sites for hydroxylation is 2. The Kier molecular flexibility index (Phi) is 6.50. The second-order valence-corrected chi connectivity index (χ2v) is 8.68. The van der Waals surface area contributed by atoms with Gasteiger partial charge in [-0.3, -0.25) is 13.9 Å². The molecule has 0 radical (unpaired) electrons. The molecule has 0 saturated heterocycles.